The summed E-state index contributed by atoms with van der Waals surface area (Å²) in [6.45, 7) is 1.72. The van der Waals surface area contributed by atoms with Gasteiger partial charge in [0, 0.05) is 0 Å². The van der Waals surface area contributed by atoms with Crippen LogP contribution < -0.4 is 0 Å². The Labute approximate surface area is 110 Å². The standard InChI is InChI=1S/C13H12O3S2/c1-10-5-2-3-7-13(10)18(15,16)9-11(14)12-6-4-8-17-12/h2-8H,9H2,1H3. The molecule has 0 radical (unpaired) electrons. The molecule has 0 saturated heterocycles. The smallest absolute Gasteiger partial charge is 0.188 e. The number of carbonyl (C=O) groups is 1. The van der Waals surface area contributed by atoms with Crippen LogP contribution in [0.4, 0.5) is 0 Å². The fraction of sp³-hybridized carbons (Fsp3) is 0.154. The molecule has 0 aliphatic carbocycles. The summed E-state index contributed by atoms with van der Waals surface area (Å²) in [6.07, 6.45) is 0. The van der Waals surface area contributed by atoms with Crippen molar-refractivity contribution >= 4 is 27.0 Å². The summed E-state index contributed by atoms with van der Waals surface area (Å²) < 4.78 is 24.3. The van der Waals surface area contributed by atoms with Crippen molar-refractivity contribution in [1.29, 1.82) is 0 Å². The van der Waals surface area contributed by atoms with E-state index in [2.05, 4.69) is 0 Å². The molecule has 0 N–H and O–H groups in total. The predicted molar refractivity (Wildman–Crippen MR) is 71.9 cm³/mol. The number of thiophene rings is 1. The number of benzene rings is 1. The summed E-state index contributed by atoms with van der Waals surface area (Å²) in [5.41, 5.74) is 0.663. The third-order valence-electron chi connectivity index (χ3n) is 2.55. The molecule has 3 nitrogen and oxygen atoms in total. The summed E-state index contributed by atoms with van der Waals surface area (Å²) >= 11 is 1.26. The van der Waals surface area contributed by atoms with E-state index in [1.807, 2.05) is 0 Å². The molecule has 2 aromatic rings. The molecule has 5 heteroatoms. The molecule has 1 aromatic carbocycles. The lowest BCUT2D eigenvalue weighted by atomic mass is 10.2. The van der Waals surface area contributed by atoms with Gasteiger partial charge in [-0.05, 0) is 30.0 Å². The fourth-order valence-corrected chi connectivity index (χ4v) is 3.92. The minimum Gasteiger partial charge on any atom is -0.292 e. The number of carbonyl (C=O) groups excluding carboxylic acids is 1. The Morgan fingerprint density at radius 3 is 2.50 bits per heavy atom. The van der Waals surface area contributed by atoms with Crippen LogP contribution in [0.1, 0.15) is 15.2 Å². The zero-order valence-corrected chi connectivity index (χ0v) is 11.4. The second kappa shape index (κ2) is 5.04. The van der Waals surface area contributed by atoms with Crippen LogP contribution in [0.3, 0.4) is 0 Å². The van der Waals surface area contributed by atoms with Gasteiger partial charge in [0.05, 0.1) is 9.77 Å². The van der Waals surface area contributed by atoms with Gasteiger partial charge in [0.1, 0.15) is 5.75 Å². The molecule has 2 rings (SSSR count). The summed E-state index contributed by atoms with van der Waals surface area (Å²) in [5.74, 6) is -0.827. The molecular weight excluding hydrogens is 268 g/mol. The highest BCUT2D eigenvalue weighted by Crippen LogP contribution is 2.18. The highest BCUT2D eigenvalue weighted by Gasteiger charge is 2.22. The van der Waals surface area contributed by atoms with Gasteiger partial charge in [0.15, 0.2) is 15.6 Å². The van der Waals surface area contributed by atoms with Gasteiger partial charge in [-0.25, -0.2) is 8.42 Å². The first-order chi connectivity index (χ1) is 8.50. The monoisotopic (exact) mass is 280 g/mol. The minimum absolute atomic E-state index is 0.231. The van der Waals surface area contributed by atoms with Gasteiger partial charge in [-0.15, -0.1) is 11.3 Å². The van der Waals surface area contributed by atoms with Crippen LogP contribution >= 0.6 is 11.3 Å². The van der Waals surface area contributed by atoms with Crippen molar-refractivity contribution in [3.8, 4) is 0 Å². The minimum atomic E-state index is -3.56. The lowest BCUT2D eigenvalue weighted by Crippen LogP contribution is -2.16. The number of Topliss-reactive ketones (excluding diaryl/α,β-unsaturated/α-hetero) is 1. The quantitative estimate of drug-likeness (QED) is 0.809. The van der Waals surface area contributed by atoms with Crippen molar-refractivity contribution in [3.63, 3.8) is 0 Å². The molecule has 0 saturated carbocycles. The SMILES string of the molecule is Cc1ccccc1S(=O)(=O)CC(=O)c1cccs1. The number of ketones is 1. The largest absolute Gasteiger partial charge is 0.292 e. The molecule has 94 valence electrons. The summed E-state index contributed by atoms with van der Waals surface area (Å²) in [5, 5.41) is 1.76. The Kier molecular flexibility index (Phi) is 3.63. The molecule has 0 aliphatic heterocycles. The first kappa shape index (κ1) is 13.0. The predicted octanol–water partition coefficient (Wildman–Crippen LogP) is 2.71. The van der Waals surface area contributed by atoms with E-state index in [9.17, 15) is 13.2 Å². The van der Waals surface area contributed by atoms with E-state index in [0.717, 1.165) is 0 Å². The van der Waals surface area contributed by atoms with E-state index in [4.69, 9.17) is 0 Å². The molecule has 1 heterocycles. The van der Waals surface area contributed by atoms with Gasteiger partial charge in [0.25, 0.3) is 0 Å². The number of sulfone groups is 1. The molecule has 0 aliphatic rings. The Hall–Kier alpha value is -1.46. The molecule has 0 fully saturated rings. The van der Waals surface area contributed by atoms with Gasteiger partial charge < -0.3 is 0 Å². The molecule has 1 aromatic heterocycles. The Morgan fingerprint density at radius 2 is 1.89 bits per heavy atom. The maximum absolute atomic E-state index is 12.1. The lowest BCUT2D eigenvalue weighted by molar-refractivity contribution is 0.102. The first-order valence-electron chi connectivity index (χ1n) is 5.36. The number of hydrogen-bond donors (Lipinski definition) is 0. The molecular formula is C13H12O3S2. The van der Waals surface area contributed by atoms with Gasteiger partial charge in [-0.3, -0.25) is 4.79 Å². The van der Waals surface area contributed by atoms with Crippen molar-refractivity contribution in [2.24, 2.45) is 0 Å². The maximum Gasteiger partial charge on any atom is 0.188 e. The van der Waals surface area contributed by atoms with Crippen LogP contribution in [0.15, 0.2) is 46.7 Å². The maximum atomic E-state index is 12.1. The second-order valence-corrected chi connectivity index (χ2v) is 6.83. The van der Waals surface area contributed by atoms with Crippen molar-refractivity contribution in [1.82, 2.24) is 0 Å². The van der Waals surface area contributed by atoms with Crippen LogP contribution in [-0.2, 0) is 9.84 Å². The average molecular weight is 280 g/mol. The zero-order valence-electron chi connectivity index (χ0n) is 9.79. The van der Waals surface area contributed by atoms with Crippen LogP contribution in [0.25, 0.3) is 0 Å². The van der Waals surface area contributed by atoms with Crippen LogP contribution in [0, 0.1) is 6.92 Å². The zero-order chi connectivity index (χ0) is 13.2. The van der Waals surface area contributed by atoms with Gasteiger partial charge >= 0.3 is 0 Å². The van der Waals surface area contributed by atoms with E-state index in [1.54, 1.807) is 42.6 Å². The molecule has 0 bridgehead atoms. The van der Waals surface area contributed by atoms with Crippen LogP contribution in [0.5, 0.6) is 0 Å². The summed E-state index contributed by atoms with van der Waals surface area (Å²) in [6, 6.07) is 10.1. The highest BCUT2D eigenvalue weighted by molar-refractivity contribution is 7.92. The van der Waals surface area contributed by atoms with Crippen molar-refractivity contribution in [2.45, 2.75) is 11.8 Å². The van der Waals surface area contributed by atoms with Crippen molar-refractivity contribution < 1.29 is 13.2 Å². The molecule has 18 heavy (non-hydrogen) atoms. The highest BCUT2D eigenvalue weighted by atomic mass is 32.2. The third kappa shape index (κ3) is 2.68. The Balaban J connectivity index is 2.29. The molecule has 0 spiro atoms. The Bertz CT molecular complexity index is 655. The van der Waals surface area contributed by atoms with Crippen molar-refractivity contribution in [3.05, 3.63) is 52.2 Å². The van der Waals surface area contributed by atoms with Gasteiger partial charge in [-0.2, -0.15) is 0 Å². The molecule has 0 unspecified atom stereocenters. The van der Waals surface area contributed by atoms with E-state index in [0.29, 0.717) is 10.4 Å². The fourth-order valence-electron chi connectivity index (χ4n) is 1.66. The number of rotatable bonds is 4. The van der Waals surface area contributed by atoms with E-state index < -0.39 is 15.6 Å². The normalized spacial score (nSPS) is 11.4. The van der Waals surface area contributed by atoms with Gasteiger partial charge in [0.2, 0.25) is 0 Å². The van der Waals surface area contributed by atoms with Crippen LogP contribution in [0.2, 0.25) is 0 Å². The summed E-state index contributed by atoms with van der Waals surface area (Å²) in [7, 11) is -3.56. The molecule has 0 atom stereocenters. The number of aryl methyl sites for hydroxylation is 1. The average Bonchev–Trinajstić information content (AvgIpc) is 2.82. The summed E-state index contributed by atoms with van der Waals surface area (Å²) in [4.78, 5) is 12.5. The van der Waals surface area contributed by atoms with E-state index in [-0.39, 0.29) is 10.7 Å². The van der Waals surface area contributed by atoms with E-state index >= 15 is 0 Å². The Morgan fingerprint density at radius 1 is 1.17 bits per heavy atom. The van der Waals surface area contributed by atoms with E-state index in [1.165, 1.54) is 17.4 Å². The topological polar surface area (TPSA) is 51.2 Å². The van der Waals surface area contributed by atoms with Crippen LogP contribution in [-0.4, -0.2) is 20.0 Å². The number of hydrogen-bond acceptors (Lipinski definition) is 4. The lowest BCUT2D eigenvalue weighted by Gasteiger charge is -2.05. The first-order valence-corrected chi connectivity index (χ1v) is 7.89. The van der Waals surface area contributed by atoms with Crippen molar-refractivity contribution in [2.75, 3.05) is 5.75 Å². The second-order valence-electron chi connectivity index (χ2n) is 3.93. The van der Waals surface area contributed by atoms with Gasteiger partial charge in [-0.1, -0.05) is 24.3 Å². The molecule has 0 amide bonds. The third-order valence-corrected chi connectivity index (χ3v) is 5.23.